The van der Waals surface area contributed by atoms with Gasteiger partial charge in [-0.1, -0.05) is 6.07 Å². The molecule has 0 radical (unpaired) electrons. The van der Waals surface area contributed by atoms with Crippen molar-refractivity contribution in [1.82, 2.24) is 39.1 Å². The maximum absolute atomic E-state index is 5.65. The molecule has 0 saturated carbocycles. The first-order valence-electron chi connectivity index (χ1n) is 12.2. The van der Waals surface area contributed by atoms with Crippen molar-refractivity contribution < 1.29 is 9.47 Å². The van der Waals surface area contributed by atoms with Gasteiger partial charge in [-0.25, -0.2) is 19.6 Å². The summed E-state index contributed by atoms with van der Waals surface area (Å²) in [5.74, 6) is 2.97. The Kier molecular flexibility index (Phi) is 5.71. The molecule has 6 rings (SSSR count). The van der Waals surface area contributed by atoms with Crippen molar-refractivity contribution in [3.05, 3.63) is 72.3 Å². The average molecular weight is 497 g/mol. The molecule has 4 aromatic heterocycles. The van der Waals surface area contributed by atoms with Crippen LogP contribution in [0.3, 0.4) is 0 Å². The first kappa shape index (κ1) is 23.0. The van der Waals surface area contributed by atoms with E-state index in [2.05, 4.69) is 22.2 Å². The second-order valence-electron chi connectivity index (χ2n) is 9.22. The van der Waals surface area contributed by atoms with Crippen molar-refractivity contribution in [2.45, 2.75) is 32.2 Å². The lowest BCUT2D eigenvalue weighted by molar-refractivity contribution is 0.396. The van der Waals surface area contributed by atoms with Crippen molar-refractivity contribution in [2.24, 2.45) is 7.05 Å². The number of hydrogen-bond donors (Lipinski definition) is 0. The lowest BCUT2D eigenvalue weighted by Gasteiger charge is -2.23. The molecule has 0 amide bonds. The van der Waals surface area contributed by atoms with Crippen molar-refractivity contribution >= 4 is 0 Å². The van der Waals surface area contributed by atoms with Gasteiger partial charge in [0, 0.05) is 43.0 Å². The van der Waals surface area contributed by atoms with Crippen molar-refractivity contribution in [1.29, 1.82) is 0 Å². The predicted molar refractivity (Wildman–Crippen MR) is 138 cm³/mol. The molecule has 188 valence electrons. The zero-order valence-corrected chi connectivity index (χ0v) is 21.3. The van der Waals surface area contributed by atoms with Crippen molar-refractivity contribution in [2.75, 3.05) is 14.2 Å². The van der Waals surface area contributed by atoms with Crippen LogP contribution in [0.5, 0.6) is 11.6 Å². The van der Waals surface area contributed by atoms with E-state index in [9.17, 15) is 0 Å². The highest BCUT2D eigenvalue weighted by atomic mass is 16.5. The van der Waals surface area contributed by atoms with Crippen LogP contribution in [0.2, 0.25) is 0 Å². The lowest BCUT2D eigenvalue weighted by Crippen LogP contribution is -2.18. The Morgan fingerprint density at radius 3 is 2.65 bits per heavy atom. The standard InChI is InChI=1S/C27H28N8O2/c1-17-14-34(16-28-17)23-9-8-22(30-27(23)37-4)25-31-26-20(6-5-11-35(26)32-25)18-7-10-24(36-3)21(12-18)19-13-29-33(2)15-19/h7-10,12-16,20H,5-6,11H2,1-4H3. The van der Waals surface area contributed by atoms with E-state index in [1.165, 1.54) is 5.56 Å². The van der Waals surface area contributed by atoms with E-state index in [1.807, 2.05) is 60.0 Å². The Bertz CT molecular complexity index is 1580. The van der Waals surface area contributed by atoms with Crippen LogP contribution in [0.1, 0.15) is 35.8 Å². The minimum absolute atomic E-state index is 0.117. The van der Waals surface area contributed by atoms with Gasteiger partial charge in [0.1, 0.15) is 23.0 Å². The minimum atomic E-state index is 0.117. The zero-order chi connectivity index (χ0) is 25.5. The number of benzene rings is 1. The van der Waals surface area contributed by atoms with Gasteiger partial charge in [0.2, 0.25) is 5.88 Å². The predicted octanol–water partition coefficient (Wildman–Crippen LogP) is 4.18. The number of aromatic nitrogens is 8. The van der Waals surface area contributed by atoms with Gasteiger partial charge in [0.15, 0.2) is 5.82 Å². The number of fused-ring (bicyclic) bond motifs is 1. The summed E-state index contributed by atoms with van der Waals surface area (Å²) in [5, 5.41) is 9.16. The Labute approximate surface area is 214 Å². The molecular weight excluding hydrogens is 468 g/mol. The molecule has 1 aliphatic heterocycles. The van der Waals surface area contributed by atoms with Gasteiger partial charge < -0.3 is 14.0 Å². The number of aryl methyl sites for hydroxylation is 3. The highest BCUT2D eigenvalue weighted by Gasteiger charge is 2.28. The number of imidazole rings is 1. The summed E-state index contributed by atoms with van der Waals surface area (Å²) in [6, 6.07) is 10.2. The number of ether oxygens (including phenoxy) is 2. The van der Waals surface area contributed by atoms with Gasteiger partial charge in [-0.2, -0.15) is 5.10 Å². The number of nitrogens with zero attached hydrogens (tertiary/aromatic N) is 8. The number of hydrogen-bond acceptors (Lipinski definition) is 7. The van der Waals surface area contributed by atoms with Gasteiger partial charge in [-0.05, 0) is 49.6 Å². The molecular formula is C27H28N8O2. The summed E-state index contributed by atoms with van der Waals surface area (Å²) >= 11 is 0. The molecule has 0 saturated heterocycles. The van der Waals surface area contributed by atoms with Gasteiger partial charge in [-0.15, -0.1) is 5.10 Å². The first-order valence-corrected chi connectivity index (χ1v) is 12.2. The van der Waals surface area contributed by atoms with Crippen LogP contribution in [0.4, 0.5) is 0 Å². The normalized spacial score (nSPS) is 15.0. The second kappa shape index (κ2) is 9.20. The van der Waals surface area contributed by atoms with Crippen LogP contribution in [0, 0.1) is 6.92 Å². The summed E-state index contributed by atoms with van der Waals surface area (Å²) in [6.45, 7) is 2.78. The molecule has 0 N–H and O–H groups in total. The Morgan fingerprint density at radius 1 is 1.03 bits per heavy atom. The van der Waals surface area contributed by atoms with E-state index in [-0.39, 0.29) is 5.92 Å². The van der Waals surface area contributed by atoms with E-state index >= 15 is 0 Å². The smallest absolute Gasteiger partial charge is 0.238 e. The largest absolute Gasteiger partial charge is 0.496 e. The molecule has 5 aromatic rings. The van der Waals surface area contributed by atoms with Crippen LogP contribution in [0.25, 0.3) is 28.3 Å². The van der Waals surface area contributed by atoms with E-state index in [4.69, 9.17) is 24.5 Å². The fraction of sp³-hybridized carbons (Fsp3) is 0.296. The molecule has 1 unspecified atom stereocenters. The molecule has 10 nitrogen and oxygen atoms in total. The lowest BCUT2D eigenvalue weighted by atomic mass is 9.89. The molecule has 0 fully saturated rings. The van der Waals surface area contributed by atoms with Crippen LogP contribution >= 0.6 is 0 Å². The quantitative estimate of drug-likeness (QED) is 0.348. The van der Waals surface area contributed by atoms with Crippen molar-refractivity contribution in [3.8, 4) is 40.0 Å². The SMILES string of the molecule is COc1ccc(C2CCCn3nc(-c4ccc(-n5cnc(C)c5)c(OC)n4)nc32)cc1-c1cnn(C)c1. The number of rotatable bonds is 6. The third-order valence-corrected chi connectivity index (χ3v) is 6.77. The Balaban J connectivity index is 1.37. The van der Waals surface area contributed by atoms with Crippen LogP contribution in [-0.4, -0.2) is 53.3 Å². The summed E-state index contributed by atoms with van der Waals surface area (Å²) in [7, 11) is 5.22. The summed E-state index contributed by atoms with van der Waals surface area (Å²) in [5.41, 5.74) is 5.62. The fourth-order valence-corrected chi connectivity index (χ4v) is 4.96. The zero-order valence-electron chi connectivity index (χ0n) is 21.3. The topological polar surface area (TPSA) is 97.7 Å². The van der Waals surface area contributed by atoms with E-state index < -0.39 is 0 Å². The van der Waals surface area contributed by atoms with E-state index in [0.29, 0.717) is 17.4 Å². The molecule has 1 aromatic carbocycles. The minimum Gasteiger partial charge on any atom is -0.496 e. The van der Waals surface area contributed by atoms with Gasteiger partial charge in [-0.3, -0.25) is 4.68 Å². The fourth-order valence-electron chi connectivity index (χ4n) is 4.96. The average Bonchev–Trinajstić information content (AvgIpc) is 3.67. The maximum Gasteiger partial charge on any atom is 0.238 e. The third-order valence-electron chi connectivity index (χ3n) is 6.77. The highest BCUT2D eigenvalue weighted by Crippen LogP contribution is 2.38. The van der Waals surface area contributed by atoms with Crippen LogP contribution < -0.4 is 9.47 Å². The second-order valence-corrected chi connectivity index (χ2v) is 9.22. The number of methoxy groups -OCH3 is 2. The van der Waals surface area contributed by atoms with Gasteiger partial charge in [0.25, 0.3) is 0 Å². The molecule has 1 atom stereocenters. The molecule has 0 aliphatic carbocycles. The molecule has 0 spiro atoms. The van der Waals surface area contributed by atoms with E-state index in [0.717, 1.165) is 53.5 Å². The monoisotopic (exact) mass is 496 g/mol. The maximum atomic E-state index is 5.65. The van der Waals surface area contributed by atoms with Crippen LogP contribution in [-0.2, 0) is 13.6 Å². The first-order chi connectivity index (χ1) is 18.0. The van der Waals surface area contributed by atoms with Gasteiger partial charge >= 0.3 is 0 Å². The third kappa shape index (κ3) is 4.14. The van der Waals surface area contributed by atoms with E-state index in [1.54, 1.807) is 25.2 Å². The van der Waals surface area contributed by atoms with Crippen LogP contribution in [0.15, 0.2) is 55.2 Å². The Morgan fingerprint density at radius 2 is 1.92 bits per heavy atom. The molecule has 5 heterocycles. The summed E-state index contributed by atoms with van der Waals surface area (Å²) in [6.07, 6.45) is 9.55. The van der Waals surface area contributed by atoms with Gasteiger partial charge in [0.05, 0.1) is 32.4 Å². The summed E-state index contributed by atoms with van der Waals surface area (Å²) < 4.78 is 17.0. The van der Waals surface area contributed by atoms with Crippen molar-refractivity contribution in [3.63, 3.8) is 0 Å². The Hall–Kier alpha value is -4.47. The molecule has 10 heteroatoms. The number of pyridine rings is 1. The highest BCUT2D eigenvalue weighted by molar-refractivity contribution is 5.70. The molecule has 37 heavy (non-hydrogen) atoms. The molecule has 0 bridgehead atoms. The molecule has 1 aliphatic rings. The summed E-state index contributed by atoms with van der Waals surface area (Å²) in [4.78, 5) is 14.0.